The second-order valence-corrected chi connectivity index (χ2v) is 11.8. The average molecular weight is 530 g/mol. The van der Waals surface area contributed by atoms with Crippen LogP contribution in [0, 0.1) is 0 Å². The Hall–Kier alpha value is -4.73. The number of rotatable bonds is 4. The summed E-state index contributed by atoms with van der Waals surface area (Å²) in [6.07, 6.45) is -0.503. The van der Waals surface area contributed by atoms with Gasteiger partial charge in [-0.1, -0.05) is 123 Å². The van der Waals surface area contributed by atoms with Crippen LogP contribution in [0.15, 0.2) is 132 Å². The number of hydrogen-bond acceptors (Lipinski definition) is 3. The summed E-state index contributed by atoms with van der Waals surface area (Å²) in [6.45, 7) is 4.64. The van der Waals surface area contributed by atoms with Crippen molar-refractivity contribution in [3.63, 3.8) is 0 Å². The van der Waals surface area contributed by atoms with Gasteiger partial charge in [-0.05, 0) is 73.1 Å². The molecular weight excluding hydrogens is 498 g/mol. The van der Waals surface area contributed by atoms with Crippen LogP contribution < -0.4 is 5.73 Å². The van der Waals surface area contributed by atoms with E-state index in [4.69, 9.17) is 10.7 Å². The SMILES string of the molecule is CC1(C)c2ccccc2-c2ccc(C3=NC(c4ccc5ccccc5c4)N3C(N)c3ccc4ccccc4c3)cc21. The number of nitrogens with two attached hydrogens (primary N) is 1. The number of amidine groups is 1. The van der Waals surface area contributed by atoms with Gasteiger partial charge in [0, 0.05) is 11.0 Å². The third kappa shape index (κ3) is 3.66. The molecule has 0 saturated carbocycles. The molecule has 1 heterocycles. The van der Waals surface area contributed by atoms with Gasteiger partial charge in [0.1, 0.15) is 12.0 Å². The molecule has 41 heavy (non-hydrogen) atoms. The Bertz CT molecular complexity index is 2020. The van der Waals surface area contributed by atoms with Gasteiger partial charge >= 0.3 is 0 Å². The molecule has 1 aliphatic carbocycles. The second-order valence-electron chi connectivity index (χ2n) is 11.8. The van der Waals surface area contributed by atoms with Crippen LogP contribution in [0.25, 0.3) is 32.7 Å². The van der Waals surface area contributed by atoms with Gasteiger partial charge in [-0.15, -0.1) is 0 Å². The molecule has 198 valence electrons. The highest BCUT2D eigenvalue weighted by atomic mass is 15.4. The van der Waals surface area contributed by atoms with E-state index in [0.29, 0.717) is 0 Å². The topological polar surface area (TPSA) is 41.6 Å². The Morgan fingerprint density at radius 3 is 2.05 bits per heavy atom. The van der Waals surface area contributed by atoms with Crippen LogP contribution in [0.5, 0.6) is 0 Å². The molecule has 1 aliphatic heterocycles. The summed E-state index contributed by atoms with van der Waals surface area (Å²) in [5.41, 5.74) is 15.8. The van der Waals surface area contributed by atoms with E-state index in [1.807, 2.05) is 0 Å². The zero-order valence-electron chi connectivity index (χ0n) is 23.3. The molecular formula is C38H31N3. The molecule has 0 fully saturated rings. The first-order chi connectivity index (χ1) is 20.0. The Kier molecular flexibility index (Phi) is 5.22. The van der Waals surface area contributed by atoms with Crippen LogP contribution in [-0.4, -0.2) is 10.7 Å². The molecule has 3 nitrogen and oxygen atoms in total. The van der Waals surface area contributed by atoms with Gasteiger partial charge in [0.05, 0.1) is 0 Å². The third-order valence-electron chi connectivity index (χ3n) is 9.08. The van der Waals surface area contributed by atoms with E-state index in [1.54, 1.807) is 0 Å². The molecule has 0 radical (unpaired) electrons. The van der Waals surface area contributed by atoms with E-state index >= 15 is 0 Å². The molecule has 3 heteroatoms. The number of fused-ring (bicyclic) bond motifs is 5. The van der Waals surface area contributed by atoms with E-state index in [2.05, 4.69) is 146 Å². The summed E-state index contributed by atoms with van der Waals surface area (Å²) in [5, 5.41) is 4.85. The zero-order valence-corrected chi connectivity index (χ0v) is 23.3. The fourth-order valence-corrected chi connectivity index (χ4v) is 6.81. The van der Waals surface area contributed by atoms with Gasteiger partial charge in [0.15, 0.2) is 6.17 Å². The summed E-state index contributed by atoms with van der Waals surface area (Å²) in [6, 6.07) is 45.7. The van der Waals surface area contributed by atoms with Crippen molar-refractivity contribution in [2.24, 2.45) is 10.7 Å². The van der Waals surface area contributed by atoms with Crippen molar-refractivity contribution in [3.05, 3.63) is 155 Å². The minimum atomic E-state index is -0.345. The van der Waals surface area contributed by atoms with E-state index in [9.17, 15) is 0 Å². The summed E-state index contributed by atoms with van der Waals surface area (Å²) >= 11 is 0. The highest BCUT2D eigenvalue weighted by Gasteiger charge is 2.40. The third-order valence-corrected chi connectivity index (χ3v) is 9.08. The minimum absolute atomic E-state index is 0.0741. The first-order valence-electron chi connectivity index (χ1n) is 14.3. The minimum Gasteiger partial charge on any atom is -0.310 e. The molecule has 0 amide bonds. The van der Waals surface area contributed by atoms with E-state index in [1.165, 1.54) is 43.8 Å². The van der Waals surface area contributed by atoms with Gasteiger partial charge in [-0.3, -0.25) is 0 Å². The molecule has 6 aromatic rings. The summed E-state index contributed by atoms with van der Waals surface area (Å²) in [5.74, 6) is 0.943. The number of nitrogens with zero attached hydrogens (tertiary/aromatic N) is 2. The van der Waals surface area contributed by atoms with Crippen LogP contribution in [0.1, 0.15) is 54.0 Å². The van der Waals surface area contributed by atoms with Gasteiger partial charge in [-0.2, -0.15) is 0 Å². The molecule has 2 atom stereocenters. The fourth-order valence-electron chi connectivity index (χ4n) is 6.81. The molecule has 2 N–H and O–H groups in total. The maximum Gasteiger partial charge on any atom is 0.152 e. The summed E-state index contributed by atoms with van der Waals surface area (Å²) < 4.78 is 0. The molecule has 8 rings (SSSR count). The van der Waals surface area contributed by atoms with Crippen molar-refractivity contribution in [3.8, 4) is 11.1 Å². The number of aliphatic imine (C=N–C) groups is 1. The zero-order chi connectivity index (χ0) is 27.7. The first kappa shape index (κ1) is 24.1. The Morgan fingerprint density at radius 1 is 0.634 bits per heavy atom. The fraction of sp³-hybridized carbons (Fsp3) is 0.132. The van der Waals surface area contributed by atoms with Crippen molar-refractivity contribution < 1.29 is 0 Å². The second kappa shape index (κ2) is 8.89. The maximum absolute atomic E-state index is 7.14. The van der Waals surface area contributed by atoms with Gasteiger partial charge in [0.2, 0.25) is 0 Å². The standard InChI is InChI=1S/C38H31N3/c1-38(2)33-14-8-7-13-31(33)32-20-19-30(23-34(32)38)37-40-36(29-18-16-25-10-4-6-12-27(25)22-29)41(37)35(39)28-17-15-24-9-3-5-11-26(24)21-28/h3-23,35-36H,39H2,1-2H3. The summed E-state index contributed by atoms with van der Waals surface area (Å²) in [7, 11) is 0. The van der Waals surface area contributed by atoms with Crippen LogP contribution in [-0.2, 0) is 5.41 Å². The molecule has 0 aromatic heterocycles. The van der Waals surface area contributed by atoms with Crippen LogP contribution in [0.2, 0.25) is 0 Å². The summed E-state index contributed by atoms with van der Waals surface area (Å²) in [4.78, 5) is 7.54. The maximum atomic E-state index is 7.14. The first-order valence-corrected chi connectivity index (χ1v) is 14.3. The van der Waals surface area contributed by atoms with Gasteiger partial charge in [0.25, 0.3) is 0 Å². The van der Waals surface area contributed by atoms with E-state index < -0.39 is 0 Å². The monoisotopic (exact) mass is 529 g/mol. The molecule has 6 aromatic carbocycles. The quantitative estimate of drug-likeness (QED) is 0.248. The number of benzene rings is 6. The Balaban J connectivity index is 1.24. The van der Waals surface area contributed by atoms with Crippen LogP contribution >= 0.6 is 0 Å². The largest absolute Gasteiger partial charge is 0.310 e. The smallest absolute Gasteiger partial charge is 0.152 e. The van der Waals surface area contributed by atoms with Gasteiger partial charge < -0.3 is 10.6 Å². The highest BCUT2D eigenvalue weighted by molar-refractivity contribution is 6.03. The Morgan fingerprint density at radius 2 is 1.27 bits per heavy atom. The number of hydrogen-bond donors (Lipinski definition) is 1. The average Bonchev–Trinajstić information content (AvgIpc) is 3.22. The lowest BCUT2D eigenvalue weighted by Gasteiger charge is -2.44. The molecule has 2 aliphatic rings. The van der Waals surface area contributed by atoms with Crippen molar-refractivity contribution in [1.29, 1.82) is 0 Å². The normalized spacial score (nSPS) is 17.6. The van der Waals surface area contributed by atoms with Crippen molar-refractivity contribution in [1.82, 2.24) is 4.90 Å². The van der Waals surface area contributed by atoms with Gasteiger partial charge in [-0.25, -0.2) is 4.99 Å². The highest BCUT2D eigenvalue weighted by Crippen LogP contribution is 2.49. The molecule has 0 bridgehead atoms. The lowest BCUT2D eigenvalue weighted by molar-refractivity contribution is 0.208. The van der Waals surface area contributed by atoms with Crippen molar-refractivity contribution in [2.45, 2.75) is 31.6 Å². The van der Waals surface area contributed by atoms with Crippen LogP contribution in [0.4, 0.5) is 0 Å². The molecule has 0 spiro atoms. The lowest BCUT2D eigenvalue weighted by Crippen LogP contribution is -2.48. The van der Waals surface area contributed by atoms with E-state index in [0.717, 1.165) is 22.5 Å². The lowest BCUT2D eigenvalue weighted by atomic mass is 9.82. The van der Waals surface area contributed by atoms with Crippen molar-refractivity contribution in [2.75, 3.05) is 0 Å². The predicted octanol–water partition coefficient (Wildman–Crippen LogP) is 8.72. The van der Waals surface area contributed by atoms with Crippen molar-refractivity contribution >= 4 is 27.4 Å². The molecule has 0 saturated heterocycles. The molecule has 2 unspecified atom stereocenters. The van der Waals surface area contributed by atoms with E-state index in [-0.39, 0.29) is 17.7 Å². The van der Waals surface area contributed by atoms with Crippen LogP contribution in [0.3, 0.4) is 0 Å². The Labute approximate surface area is 240 Å². The predicted molar refractivity (Wildman–Crippen MR) is 170 cm³/mol.